The van der Waals surface area contributed by atoms with E-state index in [1.54, 1.807) is 17.0 Å². The van der Waals surface area contributed by atoms with Crippen LogP contribution in [0.3, 0.4) is 0 Å². The lowest BCUT2D eigenvalue weighted by Gasteiger charge is -2.33. The molecule has 2 aliphatic heterocycles. The molecule has 0 saturated carbocycles. The highest BCUT2D eigenvalue weighted by molar-refractivity contribution is 9.10. The molecule has 2 saturated heterocycles. The number of carbonyl (C=O) groups excluding carboxylic acids is 2. The summed E-state index contributed by atoms with van der Waals surface area (Å²) in [5.74, 6) is -0.181. The minimum absolute atomic E-state index is 0.0431. The van der Waals surface area contributed by atoms with Crippen LogP contribution in [0.4, 0.5) is 0 Å². The van der Waals surface area contributed by atoms with Crippen LogP contribution < -0.4 is 5.32 Å². The molecule has 2 fully saturated rings. The molecule has 6 nitrogen and oxygen atoms in total. The zero-order chi connectivity index (χ0) is 21.6. The first-order valence-electron chi connectivity index (χ1n) is 10.8. The van der Waals surface area contributed by atoms with Crippen molar-refractivity contribution in [2.45, 2.75) is 31.5 Å². The Morgan fingerprint density at radius 3 is 2.61 bits per heavy atom. The lowest BCUT2D eigenvalue weighted by molar-refractivity contribution is -0.126. The van der Waals surface area contributed by atoms with Crippen molar-refractivity contribution in [3.63, 3.8) is 0 Å². The van der Waals surface area contributed by atoms with E-state index in [-0.39, 0.29) is 17.9 Å². The van der Waals surface area contributed by atoms with Gasteiger partial charge in [-0.1, -0.05) is 46.3 Å². The van der Waals surface area contributed by atoms with Gasteiger partial charge in [-0.25, -0.2) is 0 Å². The summed E-state index contributed by atoms with van der Waals surface area (Å²) in [7, 11) is 0. The van der Waals surface area contributed by atoms with Crippen molar-refractivity contribution in [3.8, 4) is 0 Å². The van der Waals surface area contributed by atoms with Gasteiger partial charge in [-0.15, -0.1) is 0 Å². The summed E-state index contributed by atoms with van der Waals surface area (Å²) in [5, 5.41) is 3.03. The largest absolute Gasteiger partial charge is 0.374 e. The molecule has 2 aliphatic rings. The third-order valence-electron chi connectivity index (χ3n) is 5.88. The molecule has 2 aromatic carbocycles. The van der Waals surface area contributed by atoms with Crippen molar-refractivity contribution in [3.05, 3.63) is 70.2 Å². The molecular weight excluding hydrogens is 458 g/mol. The van der Waals surface area contributed by atoms with Crippen LogP contribution in [0.15, 0.2) is 59.1 Å². The average molecular weight is 486 g/mol. The van der Waals surface area contributed by atoms with E-state index in [0.717, 1.165) is 30.5 Å². The number of benzene rings is 2. The van der Waals surface area contributed by atoms with E-state index in [9.17, 15) is 9.59 Å². The Kier molecular flexibility index (Phi) is 7.37. The number of amides is 2. The minimum atomic E-state index is -0.417. The maximum absolute atomic E-state index is 12.9. The SMILES string of the molecule is O=C(NCC1CN(Cc2ccccc2)CCO1)C1CCCN1C(=O)c1ccc(Br)cc1. The quantitative estimate of drug-likeness (QED) is 0.682. The van der Waals surface area contributed by atoms with E-state index in [4.69, 9.17) is 4.74 Å². The minimum Gasteiger partial charge on any atom is -0.374 e. The van der Waals surface area contributed by atoms with Crippen LogP contribution in [-0.4, -0.2) is 66.5 Å². The van der Waals surface area contributed by atoms with Crippen molar-refractivity contribution in [2.75, 3.05) is 32.8 Å². The summed E-state index contributed by atoms with van der Waals surface area (Å²) in [6.07, 6.45) is 1.49. The predicted molar refractivity (Wildman–Crippen MR) is 123 cm³/mol. The molecule has 0 radical (unpaired) electrons. The van der Waals surface area contributed by atoms with Gasteiger partial charge in [0.25, 0.3) is 5.91 Å². The zero-order valence-electron chi connectivity index (χ0n) is 17.5. The van der Waals surface area contributed by atoms with Crippen molar-refractivity contribution in [2.24, 2.45) is 0 Å². The molecule has 2 unspecified atom stereocenters. The Morgan fingerprint density at radius 2 is 1.84 bits per heavy atom. The normalized spacial score (nSPS) is 21.8. The van der Waals surface area contributed by atoms with Crippen LogP contribution in [0.5, 0.6) is 0 Å². The molecule has 2 atom stereocenters. The molecule has 0 aliphatic carbocycles. The van der Waals surface area contributed by atoms with Crippen molar-refractivity contribution < 1.29 is 14.3 Å². The average Bonchev–Trinajstić information content (AvgIpc) is 3.29. The maximum Gasteiger partial charge on any atom is 0.254 e. The first-order chi connectivity index (χ1) is 15.1. The Bertz CT molecular complexity index is 891. The van der Waals surface area contributed by atoms with E-state index < -0.39 is 6.04 Å². The lowest BCUT2D eigenvalue weighted by Crippen LogP contribution is -2.51. The van der Waals surface area contributed by atoms with E-state index >= 15 is 0 Å². The summed E-state index contributed by atoms with van der Waals surface area (Å²) >= 11 is 3.39. The Morgan fingerprint density at radius 1 is 1.06 bits per heavy atom. The van der Waals surface area contributed by atoms with Crippen molar-refractivity contribution >= 4 is 27.7 Å². The summed E-state index contributed by atoms with van der Waals surface area (Å²) in [4.78, 5) is 29.8. The fourth-order valence-corrected chi connectivity index (χ4v) is 4.53. The van der Waals surface area contributed by atoms with Crippen LogP contribution in [0, 0.1) is 0 Å². The van der Waals surface area contributed by atoms with Gasteiger partial charge in [0.15, 0.2) is 0 Å². The molecule has 0 spiro atoms. The van der Waals surface area contributed by atoms with Crippen LogP contribution in [-0.2, 0) is 16.1 Å². The predicted octanol–water partition coefficient (Wildman–Crippen LogP) is 3.07. The number of ether oxygens (including phenoxy) is 1. The number of morpholine rings is 1. The number of halogens is 1. The van der Waals surface area contributed by atoms with Gasteiger partial charge in [-0.2, -0.15) is 0 Å². The fraction of sp³-hybridized carbons (Fsp3) is 0.417. The third-order valence-corrected chi connectivity index (χ3v) is 6.41. The summed E-state index contributed by atoms with van der Waals surface area (Å²) in [6.45, 7) is 4.27. The molecule has 2 amide bonds. The van der Waals surface area contributed by atoms with Gasteiger partial charge >= 0.3 is 0 Å². The summed E-state index contributed by atoms with van der Waals surface area (Å²) in [6, 6.07) is 17.2. The van der Waals surface area contributed by atoms with Gasteiger partial charge < -0.3 is 15.0 Å². The number of likely N-dealkylation sites (tertiary alicyclic amines) is 1. The highest BCUT2D eigenvalue weighted by Gasteiger charge is 2.35. The van der Waals surface area contributed by atoms with Gasteiger partial charge in [0.05, 0.1) is 12.7 Å². The van der Waals surface area contributed by atoms with Gasteiger partial charge in [-0.05, 0) is 42.7 Å². The third kappa shape index (κ3) is 5.73. The molecule has 4 rings (SSSR count). The summed E-state index contributed by atoms with van der Waals surface area (Å²) in [5.41, 5.74) is 1.88. The molecule has 31 heavy (non-hydrogen) atoms. The molecule has 0 aromatic heterocycles. The molecule has 164 valence electrons. The standard InChI is InChI=1S/C24H28BrN3O3/c25-20-10-8-19(9-11-20)24(30)28-12-4-7-22(28)23(29)26-15-21-17-27(13-14-31-21)16-18-5-2-1-3-6-18/h1-3,5-6,8-11,21-22H,4,7,12-17H2,(H,26,29). The number of carbonyl (C=O) groups is 2. The van der Waals surface area contributed by atoms with Crippen molar-refractivity contribution in [1.82, 2.24) is 15.1 Å². The first kappa shape index (κ1) is 22.0. The Balaban J connectivity index is 1.29. The van der Waals surface area contributed by atoms with Gasteiger partial charge in [-0.3, -0.25) is 14.5 Å². The smallest absolute Gasteiger partial charge is 0.254 e. The van der Waals surface area contributed by atoms with E-state index in [1.165, 1.54) is 5.56 Å². The lowest BCUT2D eigenvalue weighted by atomic mass is 10.1. The number of hydrogen-bond acceptors (Lipinski definition) is 4. The number of nitrogens with zero attached hydrogens (tertiary/aromatic N) is 2. The van der Waals surface area contributed by atoms with Crippen LogP contribution >= 0.6 is 15.9 Å². The molecule has 0 bridgehead atoms. The second kappa shape index (κ2) is 10.4. The molecule has 2 heterocycles. The van der Waals surface area contributed by atoms with E-state index in [2.05, 4.69) is 50.4 Å². The monoisotopic (exact) mass is 485 g/mol. The molecule has 1 N–H and O–H groups in total. The fourth-order valence-electron chi connectivity index (χ4n) is 4.26. The number of hydrogen-bond donors (Lipinski definition) is 1. The van der Waals surface area contributed by atoms with E-state index in [0.29, 0.717) is 31.7 Å². The highest BCUT2D eigenvalue weighted by Crippen LogP contribution is 2.21. The maximum atomic E-state index is 12.9. The Hall–Kier alpha value is -2.22. The van der Waals surface area contributed by atoms with Crippen LogP contribution in [0.2, 0.25) is 0 Å². The van der Waals surface area contributed by atoms with Gasteiger partial charge in [0, 0.05) is 42.8 Å². The summed E-state index contributed by atoms with van der Waals surface area (Å²) < 4.78 is 6.80. The van der Waals surface area contributed by atoms with Gasteiger partial charge in [0.2, 0.25) is 5.91 Å². The zero-order valence-corrected chi connectivity index (χ0v) is 19.1. The van der Waals surface area contributed by atoms with Crippen LogP contribution in [0.25, 0.3) is 0 Å². The molecule has 7 heteroatoms. The highest BCUT2D eigenvalue weighted by atomic mass is 79.9. The number of nitrogens with one attached hydrogen (secondary N) is 1. The topological polar surface area (TPSA) is 61.9 Å². The molecule has 2 aromatic rings. The van der Waals surface area contributed by atoms with Gasteiger partial charge in [0.1, 0.15) is 6.04 Å². The second-order valence-corrected chi connectivity index (χ2v) is 9.04. The Labute approximate surface area is 191 Å². The van der Waals surface area contributed by atoms with E-state index in [1.807, 2.05) is 18.2 Å². The first-order valence-corrected chi connectivity index (χ1v) is 11.6. The number of rotatable bonds is 6. The van der Waals surface area contributed by atoms with Crippen LogP contribution in [0.1, 0.15) is 28.8 Å². The second-order valence-electron chi connectivity index (χ2n) is 8.12. The molecular formula is C24H28BrN3O3. The van der Waals surface area contributed by atoms with Crippen molar-refractivity contribution in [1.29, 1.82) is 0 Å².